The Morgan fingerprint density at radius 2 is 1.81 bits per heavy atom. The van der Waals surface area contributed by atoms with E-state index in [1.54, 1.807) is 0 Å². The van der Waals surface area contributed by atoms with E-state index >= 15 is 0 Å². The molecule has 0 saturated carbocycles. The molecule has 2 fully saturated rings. The molecule has 8 nitrogen and oxygen atoms in total. The summed E-state index contributed by atoms with van der Waals surface area (Å²) in [5.74, 6) is -1.13. The second kappa shape index (κ2) is 2.90. The Balaban J connectivity index is 2.51. The fourth-order valence-corrected chi connectivity index (χ4v) is 1.93. The van der Waals surface area contributed by atoms with Gasteiger partial charge in [-0.2, -0.15) is 10.2 Å². The van der Waals surface area contributed by atoms with Gasteiger partial charge < -0.3 is 5.32 Å². The summed E-state index contributed by atoms with van der Waals surface area (Å²) in [4.78, 5) is 32.1. The van der Waals surface area contributed by atoms with Crippen molar-refractivity contribution in [1.82, 2.24) is 20.9 Å². The van der Waals surface area contributed by atoms with Gasteiger partial charge in [0.25, 0.3) is 10.9 Å². The van der Waals surface area contributed by atoms with Crippen LogP contribution in [0.1, 0.15) is 0 Å². The normalized spacial score (nSPS) is 37.1. The van der Waals surface area contributed by atoms with Crippen LogP contribution in [0.25, 0.3) is 0 Å². The van der Waals surface area contributed by atoms with Crippen LogP contribution in [0.2, 0.25) is 0 Å². The SMILES string of the molecule is N#CN1C(=O)NC2(Cl)NC(=O)NC2(Cl)C1=O. The van der Waals surface area contributed by atoms with Crippen molar-refractivity contribution in [1.29, 1.82) is 5.26 Å². The van der Waals surface area contributed by atoms with E-state index in [-0.39, 0.29) is 4.90 Å². The molecule has 5 amide bonds. The molecule has 84 valence electrons. The topological polar surface area (TPSA) is 114 Å². The van der Waals surface area contributed by atoms with Crippen LogP contribution in [-0.2, 0) is 4.79 Å². The predicted octanol–water partition coefficient (Wildman–Crippen LogP) is -0.840. The number of urea groups is 2. The van der Waals surface area contributed by atoms with Gasteiger partial charge in [-0.25, -0.2) is 9.59 Å². The zero-order chi connectivity index (χ0) is 12.1. The van der Waals surface area contributed by atoms with Crippen molar-refractivity contribution in [3.8, 4) is 6.19 Å². The number of halogens is 2. The zero-order valence-corrected chi connectivity index (χ0v) is 8.89. The highest BCUT2D eigenvalue weighted by Crippen LogP contribution is 2.37. The highest BCUT2D eigenvalue weighted by atomic mass is 35.5. The monoisotopic (exact) mass is 263 g/mol. The molecule has 2 aliphatic rings. The van der Waals surface area contributed by atoms with Gasteiger partial charge in [0.15, 0.2) is 6.19 Å². The molecule has 3 N–H and O–H groups in total. The molecule has 2 unspecified atom stereocenters. The van der Waals surface area contributed by atoms with E-state index in [4.69, 9.17) is 28.5 Å². The molecule has 2 heterocycles. The van der Waals surface area contributed by atoms with Gasteiger partial charge in [0.05, 0.1) is 0 Å². The Morgan fingerprint density at radius 3 is 2.38 bits per heavy atom. The van der Waals surface area contributed by atoms with Gasteiger partial charge in [0.2, 0.25) is 5.12 Å². The van der Waals surface area contributed by atoms with Crippen molar-refractivity contribution in [3.63, 3.8) is 0 Å². The number of nitrogens with zero attached hydrogens (tertiary/aromatic N) is 2. The van der Waals surface area contributed by atoms with Crippen molar-refractivity contribution in [2.24, 2.45) is 0 Å². The number of hydrogen-bond donors (Lipinski definition) is 3. The summed E-state index contributed by atoms with van der Waals surface area (Å²) in [6.07, 6.45) is 1.32. The average Bonchev–Trinajstić information content (AvgIpc) is 2.37. The van der Waals surface area contributed by atoms with Crippen LogP contribution in [-0.4, -0.2) is 33.0 Å². The molecule has 2 atom stereocenters. The molecular formula is C6H3Cl2N5O3. The Labute approximate surface area is 98.4 Å². The quantitative estimate of drug-likeness (QED) is 0.300. The summed E-state index contributed by atoms with van der Waals surface area (Å²) >= 11 is 11.6. The van der Waals surface area contributed by atoms with Crippen molar-refractivity contribution in [3.05, 3.63) is 0 Å². The maximum atomic E-state index is 11.7. The molecule has 0 radical (unpaired) electrons. The van der Waals surface area contributed by atoms with Crippen molar-refractivity contribution < 1.29 is 14.4 Å². The summed E-state index contributed by atoms with van der Waals surface area (Å²) in [6, 6.07) is -1.90. The molecule has 16 heavy (non-hydrogen) atoms. The first-order chi connectivity index (χ1) is 7.34. The number of nitriles is 1. The molecule has 2 saturated heterocycles. The lowest BCUT2D eigenvalue weighted by Crippen LogP contribution is -2.75. The van der Waals surface area contributed by atoms with Crippen LogP contribution in [0.4, 0.5) is 9.59 Å². The molecule has 2 rings (SSSR count). The number of imide groups is 1. The number of amides is 5. The minimum absolute atomic E-state index is 0.168. The van der Waals surface area contributed by atoms with Gasteiger partial charge in [-0.15, -0.1) is 0 Å². The first-order valence-electron chi connectivity index (χ1n) is 3.88. The fourth-order valence-electron chi connectivity index (χ4n) is 1.37. The van der Waals surface area contributed by atoms with Crippen LogP contribution in [0.3, 0.4) is 0 Å². The number of carbonyl (C=O) groups excluding carboxylic acids is 3. The third-order valence-electron chi connectivity index (χ3n) is 2.13. The van der Waals surface area contributed by atoms with E-state index in [2.05, 4.69) is 5.32 Å². The number of alkyl halides is 2. The minimum atomic E-state index is -2.13. The molecule has 0 spiro atoms. The van der Waals surface area contributed by atoms with E-state index in [0.717, 1.165) is 0 Å². The number of rotatable bonds is 0. The molecule has 0 aromatic rings. The van der Waals surface area contributed by atoms with E-state index in [0.29, 0.717) is 0 Å². The standard InChI is InChI=1S/C6H3Cl2N5O3/c7-5-2(14)13(1-9)4(16)12-6(5,8)11-3(15)10-5/h(H,12,16)(H2,10,11,15). The van der Waals surface area contributed by atoms with Crippen molar-refractivity contribution >= 4 is 41.2 Å². The molecule has 2 aliphatic heterocycles. The first kappa shape index (κ1) is 10.8. The molecular weight excluding hydrogens is 261 g/mol. The smallest absolute Gasteiger partial charge is 0.306 e. The van der Waals surface area contributed by atoms with E-state index < -0.39 is 28.1 Å². The van der Waals surface area contributed by atoms with E-state index in [9.17, 15) is 14.4 Å². The number of hydrogen-bond acceptors (Lipinski definition) is 4. The van der Waals surface area contributed by atoms with Crippen LogP contribution < -0.4 is 16.0 Å². The third-order valence-corrected chi connectivity index (χ3v) is 3.24. The van der Waals surface area contributed by atoms with E-state index in [1.807, 2.05) is 10.6 Å². The summed E-state index contributed by atoms with van der Waals surface area (Å²) in [6.45, 7) is 0. The summed E-state index contributed by atoms with van der Waals surface area (Å²) in [5, 5.41) is 12.7. The van der Waals surface area contributed by atoms with Gasteiger partial charge in [0.1, 0.15) is 0 Å². The largest absolute Gasteiger partial charge is 0.340 e. The van der Waals surface area contributed by atoms with Crippen molar-refractivity contribution in [2.75, 3.05) is 0 Å². The van der Waals surface area contributed by atoms with Gasteiger partial charge in [0, 0.05) is 0 Å². The van der Waals surface area contributed by atoms with Gasteiger partial charge in [-0.1, -0.05) is 23.2 Å². The predicted molar refractivity (Wildman–Crippen MR) is 49.8 cm³/mol. The molecule has 0 aliphatic carbocycles. The summed E-state index contributed by atoms with van der Waals surface area (Å²) in [7, 11) is 0. The Kier molecular flexibility index (Phi) is 1.95. The third kappa shape index (κ3) is 1.07. The first-order valence-corrected chi connectivity index (χ1v) is 4.64. The molecule has 0 bridgehead atoms. The zero-order valence-electron chi connectivity index (χ0n) is 7.38. The van der Waals surface area contributed by atoms with Gasteiger partial charge in [-0.3, -0.25) is 15.4 Å². The van der Waals surface area contributed by atoms with E-state index in [1.165, 1.54) is 6.19 Å². The van der Waals surface area contributed by atoms with Crippen LogP contribution in [0, 0.1) is 11.5 Å². The number of fused-ring (bicyclic) bond motifs is 1. The highest BCUT2D eigenvalue weighted by molar-refractivity contribution is 6.46. The maximum absolute atomic E-state index is 11.7. The van der Waals surface area contributed by atoms with Crippen LogP contribution >= 0.6 is 23.2 Å². The summed E-state index contributed by atoms with van der Waals surface area (Å²) < 4.78 is 0. The minimum Gasteiger partial charge on any atom is -0.306 e. The Bertz CT molecular complexity index is 462. The maximum Gasteiger partial charge on any atom is 0.340 e. The van der Waals surface area contributed by atoms with Gasteiger partial charge in [-0.05, 0) is 0 Å². The summed E-state index contributed by atoms with van der Waals surface area (Å²) in [5.41, 5.74) is 0. The lowest BCUT2D eigenvalue weighted by Gasteiger charge is -2.39. The molecule has 10 heteroatoms. The molecule has 0 aromatic carbocycles. The number of nitrogens with one attached hydrogen (secondary N) is 3. The van der Waals surface area contributed by atoms with Crippen molar-refractivity contribution in [2.45, 2.75) is 10.1 Å². The lowest BCUT2D eigenvalue weighted by atomic mass is 10.1. The lowest BCUT2D eigenvalue weighted by molar-refractivity contribution is -0.131. The van der Waals surface area contributed by atoms with Crippen LogP contribution in [0.15, 0.2) is 0 Å². The Hall–Kier alpha value is -1.72. The number of carbonyl (C=O) groups is 3. The second-order valence-electron chi connectivity index (χ2n) is 3.07. The fraction of sp³-hybridized carbons (Fsp3) is 0.333. The Morgan fingerprint density at radius 1 is 1.19 bits per heavy atom. The highest BCUT2D eigenvalue weighted by Gasteiger charge is 2.68. The second-order valence-corrected chi connectivity index (χ2v) is 4.20. The average molecular weight is 264 g/mol. The van der Waals surface area contributed by atoms with Crippen LogP contribution in [0.5, 0.6) is 0 Å². The van der Waals surface area contributed by atoms with Gasteiger partial charge >= 0.3 is 12.1 Å². The molecule has 0 aromatic heterocycles.